The zero-order valence-electron chi connectivity index (χ0n) is 9.69. The Morgan fingerprint density at radius 1 is 1.25 bits per heavy atom. The predicted octanol–water partition coefficient (Wildman–Crippen LogP) is 1.32. The quantitative estimate of drug-likeness (QED) is 0.530. The number of amides is 2. The van der Waals surface area contributed by atoms with Crippen LogP contribution in [-0.4, -0.2) is 23.3 Å². The van der Waals surface area contributed by atoms with Crippen LogP contribution in [0.3, 0.4) is 0 Å². The molecule has 0 spiro atoms. The summed E-state index contributed by atoms with van der Waals surface area (Å²) in [5.74, 6) is -0.152. The summed E-state index contributed by atoms with van der Waals surface area (Å²) >= 11 is 0. The fourth-order valence-electron chi connectivity index (χ4n) is 2.70. The molecule has 1 saturated heterocycles. The molecule has 2 unspecified atom stereocenters. The highest BCUT2D eigenvalue weighted by Crippen LogP contribution is 2.63. The molecule has 1 heterocycles. The molecule has 4 heteroatoms. The van der Waals surface area contributed by atoms with Crippen molar-refractivity contribution in [3.63, 3.8) is 0 Å². The largest absolute Gasteiger partial charge is 0.282 e. The Kier molecular flexibility index (Phi) is 2.49. The van der Waals surface area contributed by atoms with E-state index in [1.165, 1.54) is 4.90 Å². The van der Waals surface area contributed by atoms with E-state index in [1.807, 2.05) is 13.8 Å². The van der Waals surface area contributed by atoms with Crippen molar-refractivity contribution in [1.29, 1.82) is 5.26 Å². The van der Waals surface area contributed by atoms with Gasteiger partial charge in [0.25, 0.3) is 0 Å². The first-order valence-corrected chi connectivity index (χ1v) is 5.74. The summed E-state index contributed by atoms with van der Waals surface area (Å²) in [6, 6.07) is 2.06. The highest BCUT2D eigenvalue weighted by Gasteiger charge is 2.72. The zero-order chi connectivity index (χ0) is 11.9. The predicted molar refractivity (Wildman–Crippen MR) is 56.9 cm³/mol. The minimum absolute atomic E-state index is 0.00282. The fraction of sp³-hybridized carbons (Fsp3) is 0.750. The number of nitrogens with zero attached hydrogens (tertiary/aromatic N) is 2. The number of fused-ring (bicyclic) bond motifs is 1. The first-order chi connectivity index (χ1) is 7.51. The molecule has 2 amide bonds. The van der Waals surface area contributed by atoms with E-state index in [9.17, 15) is 9.59 Å². The summed E-state index contributed by atoms with van der Waals surface area (Å²) in [5.41, 5.74) is -0.114. The van der Waals surface area contributed by atoms with Crippen LogP contribution in [0.4, 0.5) is 0 Å². The van der Waals surface area contributed by atoms with Gasteiger partial charge in [0.05, 0.1) is 17.9 Å². The number of hydrogen-bond acceptors (Lipinski definition) is 3. The van der Waals surface area contributed by atoms with Crippen molar-refractivity contribution in [2.45, 2.75) is 33.1 Å². The molecule has 0 N–H and O–H groups in total. The van der Waals surface area contributed by atoms with E-state index in [0.717, 1.165) is 12.8 Å². The standard InChI is InChI=1S/C12H16N2O2/c1-12(2)8-9(12)11(16)14(10(8)15)7-5-3-4-6-13/h8-9H,3-5,7H2,1-2H3. The molecule has 16 heavy (non-hydrogen) atoms. The number of piperidine rings is 1. The molecule has 1 saturated carbocycles. The van der Waals surface area contributed by atoms with Crippen LogP contribution in [0, 0.1) is 28.6 Å². The van der Waals surface area contributed by atoms with Gasteiger partial charge in [-0.2, -0.15) is 5.26 Å². The lowest BCUT2D eigenvalue weighted by molar-refractivity contribution is -0.143. The third-order valence-electron chi connectivity index (χ3n) is 3.81. The van der Waals surface area contributed by atoms with E-state index in [0.29, 0.717) is 13.0 Å². The maximum atomic E-state index is 11.9. The molecule has 0 aromatic carbocycles. The molecule has 0 aromatic heterocycles. The Morgan fingerprint density at radius 2 is 1.81 bits per heavy atom. The van der Waals surface area contributed by atoms with E-state index in [1.54, 1.807) is 0 Å². The Hall–Kier alpha value is -1.37. The van der Waals surface area contributed by atoms with Gasteiger partial charge in [-0.15, -0.1) is 0 Å². The zero-order valence-corrected chi connectivity index (χ0v) is 9.69. The highest BCUT2D eigenvalue weighted by atomic mass is 16.2. The topological polar surface area (TPSA) is 61.2 Å². The minimum Gasteiger partial charge on any atom is -0.282 e. The van der Waals surface area contributed by atoms with Crippen LogP contribution in [0.2, 0.25) is 0 Å². The number of hydrogen-bond donors (Lipinski definition) is 0. The Labute approximate surface area is 95.2 Å². The second-order valence-electron chi connectivity index (χ2n) is 5.22. The molecule has 4 nitrogen and oxygen atoms in total. The fourth-order valence-corrected chi connectivity index (χ4v) is 2.70. The number of likely N-dealkylation sites (tertiary alicyclic amines) is 1. The number of nitriles is 1. The lowest BCUT2D eigenvalue weighted by atomic mass is 10.1. The molecule has 2 aliphatic rings. The van der Waals surface area contributed by atoms with Crippen LogP contribution in [0.15, 0.2) is 0 Å². The smallest absolute Gasteiger partial charge is 0.233 e. The average Bonchev–Trinajstić information content (AvgIpc) is 2.68. The van der Waals surface area contributed by atoms with Gasteiger partial charge < -0.3 is 0 Å². The lowest BCUT2D eigenvalue weighted by Crippen LogP contribution is -2.36. The number of carbonyl (C=O) groups excluding carboxylic acids is 2. The Balaban J connectivity index is 1.89. The minimum atomic E-state index is -0.114. The Morgan fingerprint density at radius 3 is 2.31 bits per heavy atom. The maximum Gasteiger partial charge on any atom is 0.233 e. The maximum absolute atomic E-state index is 11.9. The second kappa shape index (κ2) is 3.58. The molecule has 0 radical (unpaired) electrons. The van der Waals surface area contributed by atoms with Crippen LogP contribution in [0.1, 0.15) is 33.1 Å². The number of rotatable bonds is 4. The van der Waals surface area contributed by atoms with Crippen molar-refractivity contribution in [2.75, 3.05) is 6.54 Å². The van der Waals surface area contributed by atoms with Crippen LogP contribution >= 0.6 is 0 Å². The third-order valence-corrected chi connectivity index (χ3v) is 3.81. The molecule has 2 rings (SSSR count). The molecular weight excluding hydrogens is 204 g/mol. The van der Waals surface area contributed by atoms with Crippen molar-refractivity contribution >= 4 is 11.8 Å². The van der Waals surface area contributed by atoms with Gasteiger partial charge in [-0.25, -0.2) is 0 Å². The van der Waals surface area contributed by atoms with Crippen molar-refractivity contribution in [3.05, 3.63) is 0 Å². The van der Waals surface area contributed by atoms with E-state index in [4.69, 9.17) is 5.26 Å². The summed E-state index contributed by atoms with van der Waals surface area (Å²) in [6.07, 6.45) is 1.99. The molecule has 2 atom stereocenters. The monoisotopic (exact) mass is 220 g/mol. The molecule has 0 aromatic rings. The van der Waals surface area contributed by atoms with Gasteiger partial charge >= 0.3 is 0 Å². The molecular formula is C12H16N2O2. The summed E-state index contributed by atoms with van der Waals surface area (Å²) in [7, 11) is 0. The van der Waals surface area contributed by atoms with Gasteiger partial charge in [0.2, 0.25) is 11.8 Å². The van der Waals surface area contributed by atoms with Crippen molar-refractivity contribution in [3.8, 4) is 6.07 Å². The van der Waals surface area contributed by atoms with Gasteiger partial charge in [0.1, 0.15) is 0 Å². The normalized spacial score (nSPS) is 30.2. The Bertz CT molecular complexity index is 357. The van der Waals surface area contributed by atoms with E-state index in [-0.39, 0.29) is 29.1 Å². The number of carbonyl (C=O) groups is 2. The molecule has 86 valence electrons. The van der Waals surface area contributed by atoms with Crippen LogP contribution in [0.5, 0.6) is 0 Å². The first-order valence-electron chi connectivity index (χ1n) is 5.74. The third kappa shape index (κ3) is 1.42. The SMILES string of the molecule is CC1(C)C2C(=O)N(CCCCC#N)C(=O)C21. The van der Waals surface area contributed by atoms with Gasteiger partial charge in [-0.1, -0.05) is 13.8 Å². The van der Waals surface area contributed by atoms with Crippen LogP contribution in [-0.2, 0) is 9.59 Å². The average molecular weight is 220 g/mol. The lowest BCUT2D eigenvalue weighted by Gasteiger charge is -2.20. The van der Waals surface area contributed by atoms with Crippen LogP contribution in [0.25, 0.3) is 0 Å². The summed E-state index contributed by atoms with van der Waals surface area (Å²) < 4.78 is 0. The van der Waals surface area contributed by atoms with Crippen LogP contribution < -0.4 is 0 Å². The molecule has 1 aliphatic carbocycles. The van der Waals surface area contributed by atoms with Crippen molar-refractivity contribution in [2.24, 2.45) is 17.3 Å². The van der Waals surface area contributed by atoms with Crippen molar-refractivity contribution < 1.29 is 9.59 Å². The molecule has 0 bridgehead atoms. The highest BCUT2D eigenvalue weighted by molar-refractivity contribution is 6.10. The van der Waals surface area contributed by atoms with Gasteiger partial charge in [0, 0.05) is 13.0 Å². The van der Waals surface area contributed by atoms with E-state index in [2.05, 4.69) is 6.07 Å². The van der Waals surface area contributed by atoms with E-state index >= 15 is 0 Å². The number of imide groups is 1. The number of unbranched alkanes of at least 4 members (excludes halogenated alkanes) is 2. The summed E-state index contributed by atoms with van der Waals surface area (Å²) in [6.45, 7) is 4.44. The second-order valence-corrected chi connectivity index (χ2v) is 5.22. The molecule has 1 aliphatic heterocycles. The summed E-state index contributed by atoms with van der Waals surface area (Å²) in [4.78, 5) is 25.1. The first kappa shape index (κ1) is 11.1. The van der Waals surface area contributed by atoms with Gasteiger partial charge in [-0.05, 0) is 18.3 Å². The molecule has 2 fully saturated rings. The summed E-state index contributed by atoms with van der Waals surface area (Å²) in [5, 5.41) is 8.38. The van der Waals surface area contributed by atoms with Gasteiger partial charge in [-0.3, -0.25) is 14.5 Å². The van der Waals surface area contributed by atoms with E-state index < -0.39 is 0 Å². The van der Waals surface area contributed by atoms with Crippen molar-refractivity contribution in [1.82, 2.24) is 4.90 Å². The van der Waals surface area contributed by atoms with Gasteiger partial charge in [0.15, 0.2) is 0 Å².